The van der Waals surface area contributed by atoms with Gasteiger partial charge in [0.15, 0.2) is 0 Å². The molecule has 1 aliphatic heterocycles. The van der Waals surface area contributed by atoms with E-state index in [1.54, 1.807) is 0 Å². The van der Waals surface area contributed by atoms with Crippen LogP contribution in [0, 0.1) is 0 Å². The predicted molar refractivity (Wildman–Crippen MR) is 76.3 cm³/mol. The number of fused-ring (bicyclic) bond motifs is 1. The largest absolute Gasteiger partial charge is 0.444 e. The summed E-state index contributed by atoms with van der Waals surface area (Å²) in [5.41, 5.74) is 1.76. The van der Waals surface area contributed by atoms with Gasteiger partial charge in [0, 0.05) is 12.2 Å². The predicted octanol–water partition coefficient (Wildman–Crippen LogP) is 3.46. The molecule has 1 aromatic rings. The monoisotopic (exact) mass is 262 g/mol. The molecule has 1 unspecified atom stereocenters. The van der Waals surface area contributed by atoms with Gasteiger partial charge in [-0.1, -0.05) is 18.2 Å². The van der Waals surface area contributed by atoms with Crippen LogP contribution in [-0.4, -0.2) is 18.2 Å². The number of benzene rings is 1. The van der Waals surface area contributed by atoms with Crippen LogP contribution in [0.15, 0.2) is 24.3 Å². The molecule has 0 aromatic heterocycles. The van der Waals surface area contributed by atoms with Gasteiger partial charge >= 0.3 is 6.09 Å². The summed E-state index contributed by atoms with van der Waals surface area (Å²) in [6, 6.07) is 8.11. The molecule has 2 rings (SSSR count). The molecular weight excluding hydrogens is 240 g/mol. The third-order valence-corrected chi connectivity index (χ3v) is 3.01. The van der Waals surface area contributed by atoms with Crippen molar-refractivity contribution in [2.24, 2.45) is 0 Å². The van der Waals surface area contributed by atoms with Gasteiger partial charge in [0.2, 0.25) is 0 Å². The first-order chi connectivity index (χ1) is 8.96. The summed E-state index contributed by atoms with van der Waals surface area (Å²) in [4.78, 5) is 11.9. The molecule has 19 heavy (non-hydrogen) atoms. The van der Waals surface area contributed by atoms with E-state index in [-0.39, 0.29) is 12.1 Å². The summed E-state index contributed by atoms with van der Waals surface area (Å²) in [7, 11) is 0. The van der Waals surface area contributed by atoms with Gasteiger partial charge in [-0.25, -0.2) is 4.79 Å². The number of rotatable bonds is 1. The SMILES string of the molecule is CC(C)(C)OC(=O)NC1CCCNc2ccccc21. The molecule has 0 bridgehead atoms. The molecule has 1 aromatic carbocycles. The summed E-state index contributed by atoms with van der Waals surface area (Å²) in [5.74, 6) is 0. The molecule has 0 saturated heterocycles. The molecular formula is C15H22N2O2. The lowest BCUT2D eigenvalue weighted by atomic mass is 10.0. The highest BCUT2D eigenvalue weighted by atomic mass is 16.6. The number of amides is 1. The average Bonchev–Trinajstić information content (AvgIpc) is 2.50. The van der Waals surface area contributed by atoms with Crippen molar-refractivity contribution in [3.05, 3.63) is 29.8 Å². The Hall–Kier alpha value is -1.71. The molecule has 1 heterocycles. The minimum atomic E-state index is -0.466. The molecule has 0 radical (unpaired) electrons. The second kappa shape index (κ2) is 5.51. The number of ether oxygens (including phenoxy) is 1. The van der Waals surface area contributed by atoms with Crippen molar-refractivity contribution in [2.45, 2.75) is 45.3 Å². The fraction of sp³-hybridized carbons (Fsp3) is 0.533. The van der Waals surface area contributed by atoms with E-state index >= 15 is 0 Å². The van der Waals surface area contributed by atoms with Gasteiger partial charge < -0.3 is 15.4 Å². The van der Waals surface area contributed by atoms with Crippen LogP contribution in [0.1, 0.15) is 45.2 Å². The van der Waals surface area contributed by atoms with Crippen LogP contribution < -0.4 is 10.6 Å². The Morgan fingerprint density at radius 2 is 2.11 bits per heavy atom. The van der Waals surface area contributed by atoms with Crippen LogP contribution >= 0.6 is 0 Å². The van der Waals surface area contributed by atoms with Crippen LogP contribution in [0.5, 0.6) is 0 Å². The van der Waals surface area contributed by atoms with Gasteiger partial charge in [-0.3, -0.25) is 0 Å². The summed E-state index contributed by atoms with van der Waals surface area (Å²) in [6.45, 7) is 6.54. The van der Waals surface area contributed by atoms with Gasteiger partial charge in [0.25, 0.3) is 0 Å². The zero-order valence-corrected chi connectivity index (χ0v) is 11.8. The number of nitrogens with one attached hydrogen (secondary N) is 2. The summed E-state index contributed by atoms with van der Waals surface area (Å²) < 4.78 is 5.33. The van der Waals surface area contributed by atoms with Crippen LogP contribution in [0.2, 0.25) is 0 Å². The normalized spacial score (nSPS) is 18.8. The van der Waals surface area contributed by atoms with E-state index in [1.807, 2.05) is 39.0 Å². The molecule has 4 nitrogen and oxygen atoms in total. The van der Waals surface area contributed by atoms with Crippen molar-refractivity contribution in [3.8, 4) is 0 Å². The Morgan fingerprint density at radius 3 is 2.84 bits per heavy atom. The summed E-state index contributed by atoms with van der Waals surface area (Å²) >= 11 is 0. The van der Waals surface area contributed by atoms with E-state index in [0.717, 1.165) is 30.6 Å². The number of carbonyl (C=O) groups is 1. The van der Waals surface area contributed by atoms with Crippen molar-refractivity contribution < 1.29 is 9.53 Å². The van der Waals surface area contributed by atoms with E-state index in [9.17, 15) is 4.79 Å². The third kappa shape index (κ3) is 3.88. The number of alkyl carbamates (subject to hydrolysis) is 1. The summed E-state index contributed by atoms with van der Waals surface area (Å²) in [5, 5.41) is 6.35. The Balaban J connectivity index is 2.10. The van der Waals surface area contributed by atoms with Crippen molar-refractivity contribution in [1.29, 1.82) is 0 Å². The standard InChI is InChI=1S/C15H22N2O2/c1-15(2,3)19-14(18)17-13-9-6-10-16-12-8-5-4-7-11(12)13/h4-5,7-8,13,16H,6,9-10H2,1-3H3,(H,17,18). The van der Waals surface area contributed by atoms with E-state index in [2.05, 4.69) is 16.7 Å². The number of hydrogen-bond acceptors (Lipinski definition) is 3. The highest BCUT2D eigenvalue weighted by Crippen LogP contribution is 2.29. The maximum atomic E-state index is 11.9. The summed E-state index contributed by atoms with van der Waals surface area (Å²) in [6.07, 6.45) is 1.59. The number of para-hydroxylation sites is 1. The van der Waals surface area contributed by atoms with Crippen LogP contribution in [0.3, 0.4) is 0 Å². The van der Waals surface area contributed by atoms with Crippen LogP contribution in [0.25, 0.3) is 0 Å². The van der Waals surface area contributed by atoms with Crippen molar-refractivity contribution in [3.63, 3.8) is 0 Å². The Morgan fingerprint density at radius 1 is 1.37 bits per heavy atom. The van der Waals surface area contributed by atoms with Crippen molar-refractivity contribution >= 4 is 11.8 Å². The maximum absolute atomic E-state index is 11.9. The second-order valence-electron chi connectivity index (χ2n) is 5.86. The molecule has 0 spiro atoms. The first kappa shape index (κ1) is 13.7. The molecule has 1 atom stereocenters. The Bertz CT molecular complexity index is 452. The zero-order chi connectivity index (χ0) is 13.9. The molecule has 104 valence electrons. The van der Waals surface area contributed by atoms with E-state index in [0.29, 0.717) is 0 Å². The van der Waals surface area contributed by atoms with Crippen LogP contribution in [-0.2, 0) is 4.74 Å². The molecule has 1 amide bonds. The molecule has 0 aliphatic carbocycles. The van der Waals surface area contributed by atoms with Gasteiger partial charge in [-0.2, -0.15) is 0 Å². The van der Waals surface area contributed by atoms with Gasteiger partial charge in [-0.05, 0) is 45.2 Å². The Labute approximate surface area is 114 Å². The van der Waals surface area contributed by atoms with E-state index in [1.165, 1.54) is 0 Å². The number of hydrogen-bond donors (Lipinski definition) is 2. The lowest BCUT2D eigenvalue weighted by Crippen LogP contribution is -2.34. The van der Waals surface area contributed by atoms with Gasteiger partial charge in [0.05, 0.1) is 6.04 Å². The molecule has 0 saturated carbocycles. The Kier molecular flexibility index (Phi) is 3.98. The second-order valence-corrected chi connectivity index (χ2v) is 5.86. The molecule has 1 aliphatic rings. The topological polar surface area (TPSA) is 50.4 Å². The lowest BCUT2D eigenvalue weighted by Gasteiger charge is -2.23. The smallest absolute Gasteiger partial charge is 0.408 e. The van der Waals surface area contributed by atoms with E-state index in [4.69, 9.17) is 4.74 Å². The van der Waals surface area contributed by atoms with Crippen LogP contribution in [0.4, 0.5) is 10.5 Å². The quantitative estimate of drug-likeness (QED) is 0.815. The highest BCUT2D eigenvalue weighted by Gasteiger charge is 2.23. The number of carbonyl (C=O) groups excluding carboxylic acids is 1. The van der Waals surface area contributed by atoms with E-state index < -0.39 is 5.60 Å². The fourth-order valence-corrected chi connectivity index (χ4v) is 2.25. The molecule has 0 fully saturated rings. The fourth-order valence-electron chi connectivity index (χ4n) is 2.25. The highest BCUT2D eigenvalue weighted by molar-refractivity contribution is 5.69. The van der Waals surface area contributed by atoms with Gasteiger partial charge in [0.1, 0.15) is 5.60 Å². The average molecular weight is 262 g/mol. The third-order valence-electron chi connectivity index (χ3n) is 3.01. The van der Waals surface area contributed by atoms with Gasteiger partial charge in [-0.15, -0.1) is 0 Å². The zero-order valence-electron chi connectivity index (χ0n) is 11.8. The first-order valence-corrected chi connectivity index (χ1v) is 6.78. The van der Waals surface area contributed by atoms with Crippen molar-refractivity contribution in [1.82, 2.24) is 5.32 Å². The lowest BCUT2D eigenvalue weighted by molar-refractivity contribution is 0.0501. The molecule has 2 N–H and O–H groups in total. The maximum Gasteiger partial charge on any atom is 0.408 e. The minimum absolute atomic E-state index is 0.0149. The molecule has 4 heteroatoms. The number of anilines is 1. The van der Waals surface area contributed by atoms with Crippen molar-refractivity contribution in [2.75, 3.05) is 11.9 Å². The first-order valence-electron chi connectivity index (χ1n) is 6.78. The minimum Gasteiger partial charge on any atom is -0.444 e.